The van der Waals surface area contributed by atoms with Crippen LogP contribution in [0.5, 0.6) is 0 Å². The monoisotopic (exact) mass is 222 g/mol. The molecule has 1 heterocycles. The summed E-state index contributed by atoms with van der Waals surface area (Å²) in [5.74, 6) is 0.858. The quantitative estimate of drug-likeness (QED) is 0.847. The van der Waals surface area contributed by atoms with Crippen LogP contribution in [0.4, 0.5) is 0 Å². The molecule has 3 heteroatoms. The summed E-state index contributed by atoms with van der Waals surface area (Å²) in [6, 6.07) is 1.35. The van der Waals surface area contributed by atoms with E-state index in [0.717, 1.165) is 12.0 Å². The first-order valence-corrected chi connectivity index (χ1v) is 6.89. The number of aromatic nitrogens is 1. The highest BCUT2D eigenvalue weighted by molar-refractivity contribution is 7.09. The Bertz CT molecular complexity index is 339. The van der Waals surface area contributed by atoms with Gasteiger partial charge in [-0.2, -0.15) is 0 Å². The van der Waals surface area contributed by atoms with Gasteiger partial charge in [0.1, 0.15) is 5.01 Å². The smallest absolute Gasteiger partial charge is 0.110 e. The molecule has 1 aromatic heterocycles. The molecule has 0 amide bonds. The molecule has 0 aliphatic heterocycles. The van der Waals surface area contributed by atoms with Crippen LogP contribution in [0.15, 0.2) is 5.38 Å². The second kappa shape index (κ2) is 3.87. The third-order valence-electron chi connectivity index (χ3n) is 3.52. The van der Waals surface area contributed by atoms with Gasteiger partial charge in [0, 0.05) is 17.1 Å². The largest absolute Gasteiger partial charge is 0.305 e. The summed E-state index contributed by atoms with van der Waals surface area (Å²) in [7, 11) is 0. The molecule has 0 saturated heterocycles. The average Bonchev–Trinajstić information content (AvgIpc) is 2.84. The normalized spacial score (nSPS) is 23.8. The van der Waals surface area contributed by atoms with Gasteiger partial charge >= 0.3 is 0 Å². The van der Waals surface area contributed by atoms with Gasteiger partial charge in [-0.15, -0.1) is 11.3 Å². The lowest BCUT2D eigenvalue weighted by molar-refractivity contribution is 0.228. The Hall–Kier alpha value is -0.410. The summed E-state index contributed by atoms with van der Waals surface area (Å²) >= 11 is 1.83. The van der Waals surface area contributed by atoms with Crippen molar-refractivity contribution >= 4 is 11.3 Å². The minimum Gasteiger partial charge on any atom is -0.305 e. The first-order valence-electron chi connectivity index (χ1n) is 6.01. The third kappa shape index (κ3) is 2.08. The van der Waals surface area contributed by atoms with Crippen LogP contribution in [-0.2, 0) is 0 Å². The summed E-state index contributed by atoms with van der Waals surface area (Å²) in [4.78, 5) is 4.65. The van der Waals surface area contributed by atoms with Gasteiger partial charge in [0.15, 0.2) is 0 Å². The van der Waals surface area contributed by atoms with Crippen molar-refractivity contribution in [3.05, 3.63) is 16.1 Å². The molecule has 1 N–H and O–H groups in total. The SMILES string of the molecule is Cc1csc(C(NC2CC2)C2CCC2)n1. The highest BCUT2D eigenvalue weighted by Crippen LogP contribution is 2.40. The highest BCUT2D eigenvalue weighted by atomic mass is 32.1. The number of nitrogens with one attached hydrogen (secondary N) is 1. The molecule has 1 unspecified atom stereocenters. The Labute approximate surface area is 95.1 Å². The lowest BCUT2D eigenvalue weighted by Gasteiger charge is -2.33. The van der Waals surface area contributed by atoms with E-state index in [2.05, 4.69) is 22.6 Å². The van der Waals surface area contributed by atoms with Gasteiger partial charge in [-0.25, -0.2) is 4.98 Å². The van der Waals surface area contributed by atoms with E-state index in [1.54, 1.807) is 0 Å². The lowest BCUT2D eigenvalue weighted by atomic mass is 9.80. The standard InChI is InChI=1S/C12H18N2S/c1-8-7-15-12(13-8)11(9-3-2-4-9)14-10-5-6-10/h7,9-11,14H,2-6H2,1H3. The van der Waals surface area contributed by atoms with Gasteiger partial charge in [0.25, 0.3) is 0 Å². The Morgan fingerprint density at radius 3 is 2.67 bits per heavy atom. The molecule has 1 atom stereocenters. The van der Waals surface area contributed by atoms with Crippen molar-refractivity contribution in [2.75, 3.05) is 0 Å². The molecule has 2 aliphatic rings. The molecule has 0 aromatic carbocycles. The minimum absolute atomic E-state index is 0.560. The van der Waals surface area contributed by atoms with Crippen molar-refractivity contribution < 1.29 is 0 Å². The van der Waals surface area contributed by atoms with Gasteiger partial charge in [-0.1, -0.05) is 6.42 Å². The predicted molar refractivity (Wildman–Crippen MR) is 63.1 cm³/mol. The summed E-state index contributed by atoms with van der Waals surface area (Å²) < 4.78 is 0. The van der Waals surface area contributed by atoms with E-state index in [1.165, 1.54) is 42.8 Å². The summed E-state index contributed by atoms with van der Waals surface area (Å²) in [5, 5.41) is 7.27. The molecule has 15 heavy (non-hydrogen) atoms. The van der Waals surface area contributed by atoms with Gasteiger partial charge in [0.05, 0.1) is 6.04 Å². The Morgan fingerprint density at radius 1 is 1.40 bits per heavy atom. The zero-order valence-corrected chi connectivity index (χ0v) is 10.0. The van der Waals surface area contributed by atoms with E-state index >= 15 is 0 Å². The van der Waals surface area contributed by atoms with Crippen molar-refractivity contribution in [2.45, 2.75) is 51.1 Å². The van der Waals surface area contributed by atoms with E-state index in [4.69, 9.17) is 0 Å². The molecule has 2 aliphatic carbocycles. The fourth-order valence-electron chi connectivity index (χ4n) is 2.20. The summed E-state index contributed by atoms with van der Waals surface area (Å²) in [5.41, 5.74) is 1.18. The maximum absolute atomic E-state index is 4.65. The first-order chi connectivity index (χ1) is 7.33. The molecule has 0 radical (unpaired) electrons. The average molecular weight is 222 g/mol. The molecular weight excluding hydrogens is 204 g/mol. The van der Waals surface area contributed by atoms with Crippen molar-refractivity contribution in [2.24, 2.45) is 5.92 Å². The number of aryl methyl sites for hydroxylation is 1. The second-order valence-electron chi connectivity index (χ2n) is 4.94. The molecule has 82 valence electrons. The van der Waals surface area contributed by atoms with Crippen LogP contribution >= 0.6 is 11.3 Å². The maximum atomic E-state index is 4.65. The summed E-state index contributed by atoms with van der Waals surface area (Å²) in [6.45, 7) is 2.09. The van der Waals surface area contributed by atoms with Crippen LogP contribution in [0.1, 0.15) is 48.8 Å². The topological polar surface area (TPSA) is 24.9 Å². The van der Waals surface area contributed by atoms with Crippen molar-refractivity contribution in [3.63, 3.8) is 0 Å². The maximum Gasteiger partial charge on any atom is 0.110 e. The van der Waals surface area contributed by atoms with Crippen molar-refractivity contribution in [1.29, 1.82) is 0 Å². The zero-order valence-electron chi connectivity index (χ0n) is 9.20. The van der Waals surface area contributed by atoms with Gasteiger partial charge < -0.3 is 5.32 Å². The van der Waals surface area contributed by atoms with Crippen LogP contribution in [-0.4, -0.2) is 11.0 Å². The molecule has 2 saturated carbocycles. The number of thiazole rings is 1. The minimum atomic E-state index is 0.560. The van der Waals surface area contributed by atoms with E-state index in [0.29, 0.717) is 6.04 Å². The third-order valence-corrected chi connectivity index (χ3v) is 4.56. The Kier molecular flexibility index (Phi) is 2.53. The fraction of sp³-hybridized carbons (Fsp3) is 0.750. The molecule has 3 rings (SSSR count). The van der Waals surface area contributed by atoms with Gasteiger partial charge in [0.2, 0.25) is 0 Å². The van der Waals surface area contributed by atoms with Crippen LogP contribution in [0.25, 0.3) is 0 Å². The van der Waals surface area contributed by atoms with Crippen molar-refractivity contribution in [3.8, 4) is 0 Å². The van der Waals surface area contributed by atoms with Crippen LogP contribution < -0.4 is 5.32 Å². The van der Waals surface area contributed by atoms with Crippen LogP contribution in [0.3, 0.4) is 0 Å². The molecular formula is C12H18N2S. The molecule has 2 nitrogen and oxygen atoms in total. The van der Waals surface area contributed by atoms with Crippen LogP contribution in [0.2, 0.25) is 0 Å². The highest BCUT2D eigenvalue weighted by Gasteiger charge is 2.34. The van der Waals surface area contributed by atoms with Crippen LogP contribution in [0, 0.1) is 12.8 Å². The molecule has 0 spiro atoms. The van der Waals surface area contributed by atoms with Gasteiger partial charge in [-0.05, 0) is 38.5 Å². The lowest BCUT2D eigenvalue weighted by Crippen LogP contribution is -2.33. The van der Waals surface area contributed by atoms with Crippen molar-refractivity contribution in [1.82, 2.24) is 10.3 Å². The number of hydrogen-bond acceptors (Lipinski definition) is 3. The van der Waals surface area contributed by atoms with E-state index in [1.807, 2.05) is 11.3 Å². The second-order valence-corrected chi connectivity index (χ2v) is 5.83. The van der Waals surface area contributed by atoms with Gasteiger partial charge in [-0.3, -0.25) is 0 Å². The molecule has 2 fully saturated rings. The molecule has 1 aromatic rings. The predicted octanol–water partition coefficient (Wildman–Crippen LogP) is 3.04. The first kappa shape index (κ1) is 9.79. The molecule has 0 bridgehead atoms. The van der Waals surface area contributed by atoms with E-state index in [9.17, 15) is 0 Å². The zero-order chi connectivity index (χ0) is 10.3. The number of hydrogen-bond donors (Lipinski definition) is 1. The fourth-order valence-corrected chi connectivity index (χ4v) is 3.15. The summed E-state index contributed by atoms with van der Waals surface area (Å²) in [6.07, 6.45) is 6.94. The number of nitrogens with zero attached hydrogens (tertiary/aromatic N) is 1. The van der Waals surface area contributed by atoms with E-state index < -0.39 is 0 Å². The Morgan fingerprint density at radius 2 is 2.20 bits per heavy atom. The van der Waals surface area contributed by atoms with E-state index in [-0.39, 0.29) is 0 Å². The Balaban J connectivity index is 1.75. The number of rotatable bonds is 4.